The van der Waals surface area contributed by atoms with Crippen molar-refractivity contribution in [3.63, 3.8) is 0 Å². The first-order valence-electron chi connectivity index (χ1n) is 11.6. The van der Waals surface area contributed by atoms with Crippen LogP contribution in [-0.4, -0.2) is 23.2 Å². The van der Waals surface area contributed by atoms with Gasteiger partial charge in [-0.15, -0.1) is 0 Å². The third-order valence-corrected chi connectivity index (χ3v) is 6.98. The zero-order chi connectivity index (χ0) is 24.6. The van der Waals surface area contributed by atoms with Crippen molar-refractivity contribution in [3.8, 4) is 5.75 Å². The number of carbonyl (C=O) groups is 1. The lowest BCUT2D eigenvalue weighted by Gasteiger charge is -2.37. The highest BCUT2D eigenvalue weighted by molar-refractivity contribution is 5.89. The summed E-state index contributed by atoms with van der Waals surface area (Å²) in [5, 5.41) is 9.56. The molecule has 4 nitrogen and oxygen atoms in total. The van der Waals surface area contributed by atoms with Crippen LogP contribution in [0.15, 0.2) is 30.3 Å². The average molecular weight is 466 g/mol. The Labute approximate surface area is 193 Å². The quantitative estimate of drug-likeness (QED) is 0.495. The van der Waals surface area contributed by atoms with Crippen LogP contribution in [0.5, 0.6) is 5.75 Å². The monoisotopic (exact) mass is 465 g/mol. The summed E-state index contributed by atoms with van der Waals surface area (Å²) in [5.74, 6) is -0.877. The third-order valence-electron chi connectivity index (χ3n) is 6.98. The molecule has 0 aliphatic heterocycles. The number of nitrogens with two attached hydrogens (primary N) is 1. The summed E-state index contributed by atoms with van der Waals surface area (Å²) in [6.45, 7) is 8.43. The first-order valence-corrected chi connectivity index (χ1v) is 11.6. The van der Waals surface area contributed by atoms with Gasteiger partial charge in [-0.3, -0.25) is 4.79 Å². The van der Waals surface area contributed by atoms with Crippen molar-refractivity contribution in [2.24, 2.45) is 17.1 Å². The summed E-state index contributed by atoms with van der Waals surface area (Å²) in [6, 6.07) is 6.80. The van der Waals surface area contributed by atoms with Gasteiger partial charge in [0.05, 0.1) is 6.10 Å². The fourth-order valence-corrected chi connectivity index (χ4v) is 4.87. The SMILES string of the molecule is CC(CC(N)C(=O)O)c1ccc2c(C(F)(F)F)c(OC3CCC(C(C)(C)C)CC3)ccc2c1. The molecule has 3 N–H and O–H groups in total. The second kappa shape index (κ2) is 9.53. The number of carboxylic acid groups (broad SMARTS) is 1. The van der Waals surface area contributed by atoms with Gasteiger partial charge in [-0.1, -0.05) is 52.0 Å². The minimum Gasteiger partial charge on any atom is -0.490 e. The Morgan fingerprint density at radius 2 is 1.76 bits per heavy atom. The minimum absolute atomic E-state index is 0.0851. The molecular weight excluding hydrogens is 431 g/mol. The highest BCUT2D eigenvalue weighted by Gasteiger charge is 2.38. The van der Waals surface area contributed by atoms with Crippen molar-refractivity contribution < 1.29 is 27.8 Å². The predicted octanol–water partition coefficient (Wildman–Crippen LogP) is 6.75. The van der Waals surface area contributed by atoms with Crippen molar-refractivity contribution in [1.82, 2.24) is 0 Å². The molecular formula is C26H34F3NO3. The molecule has 7 heteroatoms. The molecule has 1 fully saturated rings. The summed E-state index contributed by atoms with van der Waals surface area (Å²) in [7, 11) is 0. The Balaban J connectivity index is 1.87. The Bertz CT molecular complexity index is 989. The molecule has 2 atom stereocenters. The Kier molecular flexibility index (Phi) is 7.32. The highest BCUT2D eigenvalue weighted by atomic mass is 19.4. The van der Waals surface area contributed by atoms with Crippen LogP contribution in [0, 0.1) is 11.3 Å². The number of alkyl halides is 3. The van der Waals surface area contributed by atoms with E-state index in [0.717, 1.165) is 31.2 Å². The molecule has 1 aliphatic rings. The maximum atomic E-state index is 14.1. The van der Waals surface area contributed by atoms with Crippen molar-refractivity contribution in [1.29, 1.82) is 0 Å². The second-order valence-electron chi connectivity index (χ2n) is 10.5. The van der Waals surface area contributed by atoms with E-state index in [4.69, 9.17) is 15.6 Å². The van der Waals surface area contributed by atoms with Crippen LogP contribution < -0.4 is 10.5 Å². The van der Waals surface area contributed by atoms with Crippen LogP contribution in [0.3, 0.4) is 0 Å². The molecule has 2 aromatic carbocycles. The van der Waals surface area contributed by atoms with Gasteiger partial charge >= 0.3 is 12.1 Å². The number of fused-ring (bicyclic) bond motifs is 1. The molecule has 0 spiro atoms. The van der Waals surface area contributed by atoms with E-state index in [1.54, 1.807) is 18.2 Å². The summed E-state index contributed by atoms with van der Waals surface area (Å²) in [6.07, 6.45) is -1.19. The number of hydrogen-bond donors (Lipinski definition) is 2. The van der Waals surface area contributed by atoms with E-state index in [1.165, 1.54) is 12.1 Å². The molecule has 0 radical (unpaired) electrons. The average Bonchev–Trinajstić information content (AvgIpc) is 2.71. The topological polar surface area (TPSA) is 72.6 Å². The van der Waals surface area contributed by atoms with E-state index in [2.05, 4.69) is 20.8 Å². The molecule has 1 aliphatic carbocycles. The molecule has 0 saturated heterocycles. The van der Waals surface area contributed by atoms with E-state index < -0.39 is 23.8 Å². The maximum Gasteiger partial charge on any atom is 0.420 e. The predicted molar refractivity (Wildman–Crippen MR) is 123 cm³/mol. The molecule has 3 rings (SSSR count). The van der Waals surface area contributed by atoms with Crippen LogP contribution in [0.4, 0.5) is 13.2 Å². The Morgan fingerprint density at radius 1 is 1.12 bits per heavy atom. The molecule has 0 bridgehead atoms. The normalized spacial score (nSPS) is 21.6. The van der Waals surface area contributed by atoms with Crippen molar-refractivity contribution in [2.45, 2.75) is 84.0 Å². The summed E-state index contributed by atoms with van der Waals surface area (Å²) in [5.41, 5.74) is 5.81. The van der Waals surface area contributed by atoms with Crippen LogP contribution in [0.1, 0.15) is 76.8 Å². The van der Waals surface area contributed by atoms with Gasteiger partial charge < -0.3 is 15.6 Å². The zero-order valence-corrected chi connectivity index (χ0v) is 19.7. The van der Waals surface area contributed by atoms with E-state index in [-0.39, 0.29) is 35.0 Å². The summed E-state index contributed by atoms with van der Waals surface area (Å²) < 4.78 is 48.3. The number of aliphatic carboxylic acids is 1. The minimum atomic E-state index is -4.56. The molecule has 1 saturated carbocycles. The number of carboxylic acids is 1. The molecule has 0 heterocycles. The van der Waals surface area contributed by atoms with E-state index in [9.17, 15) is 18.0 Å². The van der Waals surface area contributed by atoms with E-state index >= 15 is 0 Å². The lowest BCUT2D eigenvalue weighted by Crippen LogP contribution is -2.31. The Hall–Kier alpha value is -2.28. The van der Waals surface area contributed by atoms with Crippen LogP contribution in [0.25, 0.3) is 10.8 Å². The number of halogens is 3. The summed E-state index contributed by atoms with van der Waals surface area (Å²) in [4.78, 5) is 11.0. The fraction of sp³-hybridized carbons (Fsp3) is 0.577. The van der Waals surface area contributed by atoms with Crippen molar-refractivity contribution in [2.75, 3.05) is 0 Å². The van der Waals surface area contributed by atoms with E-state index in [0.29, 0.717) is 11.3 Å². The van der Waals surface area contributed by atoms with Crippen molar-refractivity contribution >= 4 is 16.7 Å². The van der Waals surface area contributed by atoms with Gasteiger partial charge in [-0.2, -0.15) is 13.2 Å². The number of ether oxygens (including phenoxy) is 1. The van der Waals surface area contributed by atoms with Crippen LogP contribution >= 0.6 is 0 Å². The van der Waals surface area contributed by atoms with E-state index in [1.807, 2.05) is 6.92 Å². The first-order chi connectivity index (χ1) is 15.3. The van der Waals surface area contributed by atoms with Gasteiger partial charge in [0.2, 0.25) is 0 Å². The molecule has 2 unspecified atom stereocenters. The van der Waals surface area contributed by atoms with Crippen molar-refractivity contribution in [3.05, 3.63) is 41.5 Å². The fourth-order valence-electron chi connectivity index (χ4n) is 4.87. The Morgan fingerprint density at radius 3 is 2.30 bits per heavy atom. The van der Waals surface area contributed by atoms with Gasteiger partial charge in [-0.05, 0) is 71.8 Å². The lowest BCUT2D eigenvalue weighted by molar-refractivity contribution is -0.139. The molecule has 0 amide bonds. The standard InChI is InChI=1S/C26H34F3NO3/c1-15(13-21(30)24(31)32)16-5-11-20-17(14-16)6-12-22(23(20)26(27,28)29)33-19-9-7-18(8-10-19)25(2,3)4/h5-6,11-12,14-15,18-19,21H,7-10,13,30H2,1-4H3,(H,31,32). The van der Waals surface area contributed by atoms with Gasteiger partial charge in [0.1, 0.15) is 17.4 Å². The number of hydrogen-bond acceptors (Lipinski definition) is 3. The first kappa shape index (κ1) is 25.3. The highest BCUT2D eigenvalue weighted by Crippen LogP contribution is 2.44. The van der Waals surface area contributed by atoms with Crippen LogP contribution in [0.2, 0.25) is 0 Å². The van der Waals surface area contributed by atoms with Gasteiger partial charge in [0.15, 0.2) is 0 Å². The zero-order valence-electron chi connectivity index (χ0n) is 19.7. The molecule has 182 valence electrons. The van der Waals surface area contributed by atoms with Gasteiger partial charge in [0.25, 0.3) is 0 Å². The molecule has 2 aromatic rings. The maximum absolute atomic E-state index is 14.1. The van der Waals surface area contributed by atoms with Crippen LogP contribution in [-0.2, 0) is 11.0 Å². The molecule has 0 aromatic heterocycles. The number of benzene rings is 2. The lowest BCUT2D eigenvalue weighted by atomic mass is 9.72. The molecule has 33 heavy (non-hydrogen) atoms. The second-order valence-corrected chi connectivity index (χ2v) is 10.5. The van der Waals surface area contributed by atoms with Gasteiger partial charge in [0, 0.05) is 0 Å². The largest absolute Gasteiger partial charge is 0.490 e. The smallest absolute Gasteiger partial charge is 0.420 e. The number of rotatable bonds is 6. The summed E-state index contributed by atoms with van der Waals surface area (Å²) >= 11 is 0. The third kappa shape index (κ3) is 5.99. The van der Waals surface area contributed by atoms with Gasteiger partial charge in [-0.25, -0.2) is 0 Å².